The van der Waals surface area contributed by atoms with Crippen molar-refractivity contribution in [2.24, 2.45) is 23.5 Å². The van der Waals surface area contributed by atoms with Gasteiger partial charge >= 0.3 is 5.97 Å². The summed E-state index contributed by atoms with van der Waals surface area (Å²) in [6.45, 7) is 8.85. The highest BCUT2D eigenvalue weighted by molar-refractivity contribution is 5.78. The van der Waals surface area contributed by atoms with Gasteiger partial charge in [0.05, 0.1) is 0 Å². The predicted octanol–water partition coefficient (Wildman–Crippen LogP) is 1.22. The van der Waals surface area contributed by atoms with Crippen molar-refractivity contribution in [1.82, 2.24) is 5.32 Å². The van der Waals surface area contributed by atoms with Crippen LogP contribution in [0.2, 0.25) is 0 Å². The van der Waals surface area contributed by atoms with Crippen LogP contribution in [0.3, 0.4) is 0 Å². The van der Waals surface area contributed by atoms with E-state index in [1.807, 2.05) is 0 Å². The number of hydrogen-bond donors (Lipinski definition) is 3. The molecule has 0 aromatic rings. The van der Waals surface area contributed by atoms with Gasteiger partial charge in [0.2, 0.25) is 5.91 Å². The highest BCUT2D eigenvalue weighted by atomic mass is 16.4. The van der Waals surface area contributed by atoms with Gasteiger partial charge in [-0.2, -0.15) is 0 Å². The minimum atomic E-state index is -0.931. The third-order valence-electron chi connectivity index (χ3n) is 2.87. The van der Waals surface area contributed by atoms with Crippen molar-refractivity contribution in [3.05, 3.63) is 0 Å². The summed E-state index contributed by atoms with van der Waals surface area (Å²) in [4.78, 5) is 20.7. The lowest BCUT2D eigenvalue weighted by Crippen LogP contribution is -2.34. The van der Waals surface area contributed by atoms with E-state index >= 15 is 0 Å². The van der Waals surface area contributed by atoms with Gasteiger partial charge in [-0.15, -0.1) is 0 Å². The molecule has 0 radical (unpaired) electrons. The fraction of sp³-hybridized carbons (Fsp3) is 0.846. The van der Waals surface area contributed by atoms with Crippen LogP contribution in [0.25, 0.3) is 0 Å². The third-order valence-corrected chi connectivity index (χ3v) is 2.87. The second kappa shape index (κ2) is 8.08. The standard InChI is InChI=1S/C8H15NO.C5H11NO2/c1-6(2)3-7-4-8(10)9-5-7;1-3(2)4(6)5(7)8/h6-7H,3-5H2,1-2H3,(H,9,10);3-4H,6H2,1-2H3,(H,7,8)/t7-;4-/m00/s1. The minimum Gasteiger partial charge on any atom is -0.480 e. The molecule has 1 aliphatic heterocycles. The largest absolute Gasteiger partial charge is 0.480 e. The van der Waals surface area contributed by atoms with Crippen LogP contribution in [0.4, 0.5) is 0 Å². The number of hydrogen-bond acceptors (Lipinski definition) is 3. The third kappa shape index (κ3) is 7.27. The molecule has 1 amide bonds. The Balaban J connectivity index is 0.000000331. The molecule has 1 saturated heterocycles. The molecule has 2 atom stereocenters. The minimum absolute atomic E-state index is 0.0208. The van der Waals surface area contributed by atoms with Crippen molar-refractivity contribution >= 4 is 11.9 Å². The normalized spacial score (nSPS) is 20.4. The predicted molar refractivity (Wildman–Crippen MR) is 71.0 cm³/mol. The van der Waals surface area contributed by atoms with Gasteiger partial charge in [0.15, 0.2) is 0 Å². The number of nitrogens with two attached hydrogens (primary N) is 1. The maximum absolute atomic E-state index is 10.7. The van der Waals surface area contributed by atoms with Gasteiger partial charge in [-0.3, -0.25) is 9.59 Å². The summed E-state index contributed by atoms with van der Waals surface area (Å²) in [7, 11) is 0. The van der Waals surface area contributed by atoms with E-state index in [-0.39, 0.29) is 11.8 Å². The van der Waals surface area contributed by atoms with Crippen molar-refractivity contribution in [2.45, 2.75) is 46.6 Å². The first-order valence-corrected chi connectivity index (χ1v) is 6.49. The monoisotopic (exact) mass is 258 g/mol. The topological polar surface area (TPSA) is 92.4 Å². The fourth-order valence-corrected chi connectivity index (χ4v) is 1.78. The molecule has 5 heteroatoms. The van der Waals surface area contributed by atoms with Crippen LogP contribution in [0.1, 0.15) is 40.5 Å². The van der Waals surface area contributed by atoms with E-state index in [0.717, 1.165) is 18.9 Å². The van der Waals surface area contributed by atoms with Crippen LogP contribution in [0.15, 0.2) is 0 Å². The van der Waals surface area contributed by atoms with E-state index in [0.29, 0.717) is 5.92 Å². The average Bonchev–Trinajstić information content (AvgIpc) is 2.62. The Morgan fingerprint density at radius 2 is 2.00 bits per heavy atom. The number of carbonyl (C=O) groups excluding carboxylic acids is 1. The zero-order valence-electron chi connectivity index (χ0n) is 11.8. The number of nitrogens with one attached hydrogen (secondary N) is 1. The molecule has 0 aromatic carbocycles. The van der Waals surface area contributed by atoms with Gasteiger partial charge in [-0.25, -0.2) is 0 Å². The van der Waals surface area contributed by atoms with E-state index in [9.17, 15) is 9.59 Å². The van der Waals surface area contributed by atoms with Crippen LogP contribution in [-0.2, 0) is 9.59 Å². The van der Waals surface area contributed by atoms with Crippen molar-refractivity contribution in [3.63, 3.8) is 0 Å². The van der Waals surface area contributed by atoms with Crippen LogP contribution >= 0.6 is 0 Å². The Bertz CT molecular complexity index is 277. The second-order valence-electron chi connectivity index (χ2n) is 5.61. The van der Waals surface area contributed by atoms with Gasteiger partial charge in [-0.05, 0) is 24.2 Å². The molecule has 0 aromatic heterocycles. The summed E-state index contributed by atoms with van der Waals surface area (Å²) in [5.41, 5.74) is 5.16. The molecule has 1 aliphatic rings. The number of amides is 1. The number of rotatable bonds is 4. The van der Waals surface area contributed by atoms with E-state index in [4.69, 9.17) is 10.8 Å². The molecule has 0 saturated carbocycles. The number of carboxylic acids is 1. The summed E-state index contributed by atoms with van der Waals surface area (Å²) in [6, 6.07) is -0.713. The molecule has 1 heterocycles. The summed E-state index contributed by atoms with van der Waals surface area (Å²) in [5.74, 6) is 0.642. The molecule has 18 heavy (non-hydrogen) atoms. The van der Waals surface area contributed by atoms with E-state index in [2.05, 4.69) is 19.2 Å². The highest BCUT2D eigenvalue weighted by Gasteiger charge is 2.21. The Morgan fingerprint density at radius 1 is 1.44 bits per heavy atom. The Morgan fingerprint density at radius 3 is 2.22 bits per heavy atom. The smallest absolute Gasteiger partial charge is 0.320 e. The summed E-state index contributed by atoms with van der Waals surface area (Å²) >= 11 is 0. The van der Waals surface area contributed by atoms with E-state index < -0.39 is 12.0 Å². The molecule has 0 bridgehead atoms. The molecule has 0 aliphatic carbocycles. The van der Waals surface area contributed by atoms with Gasteiger partial charge in [-0.1, -0.05) is 27.7 Å². The Hall–Kier alpha value is -1.10. The van der Waals surface area contributed by atoms with Crippen molar-refractivity contribution < 1.29 is 14.7 Å². The molecule has 0 unspecified atom stereocenters. The Labute approximate surface area is 109 Å². The second-order valence-corrected chi connectivity index (χ2v) is 5.61. The zero-order valence-corrected chi connectivity index (χ0v) is 11.8. The molecular weight excluding hydrogens is 232 g/mol. The van der Waals surface area contributed by atoms with Gasteiger partial charge in [0, 0.05) is 13.0 Å². The maximum atomic E-state index is 10.7. The SMILES string of the molecule is CC(C)C[C@@H]1CNC(=O)C1.CC(C)[C@H](N)C(=O)O. The lowest BCUT2D eigenvalue weighted by molar-refractivity contribution is -0.139. The molecule has 106 valence electrons. The van der Waals surface area contributed by atoms with Crippen LogP contribution in [-0.4, -0.2) is 29.6 Å². The fourth-order valence-electron chi connectivity index (χ4n) is 1.78. The van der Waals surface area contributed by atoms with Crippen molar-refractivity contribution in [1.29, 1.82) is 0 Å². The number of carboxylic acid groups (broad SMARTS) is 1. The van der Waals surface area contributed by atoms with Gasteiger partial charge < -0.3 is 16.2 Å². The van der Waals surface area contributed by atoms with Crippen LogP contribution in [0, 0.1) is 17.8 Å². The molecule has 4 N–H and O–H groups in total. The molecule has 1 rings (SSSR count). The van der Waals surface area contributed by atoms with E-state index in [1.54, 1.807) is 13.8 Å². The van der Waals surface area contributed by atoms with Crippen LogP contribution in [0.5, 0.6) is 0 Å². The Kier molecular flexibility index (Phi) is 7.59. The quantitative estimate of drug-likeness (QED) is 0.707. The van der Waals surface area contributed by atoms with Gasteiger partial charge in [0.25, 0.3) is 0 Å². The molecule has 0 spiro atoms. The van der Waals surface area contributed by atoms with Crippen molar-refractivity contribution in [2.75, 3.05) is 6.54 Å². The number of aliphatic carboxylic acids is 1. The molecule has 1 fully saturated rings. The first-order valence-electron chi connectivity index (χ1n) is 6.49. The lowest BCUT2D eigenvalue weighted by atomic mass is 9.97. The highest BCUT2D eigenvalue weighted by Crippen LogP contribution is 2.17. The maximum Gasteiger partial charge on any atom is 0.320 e. The average molecular weight is 258 g/mol. The van der Waals surface area contributed by atoms with Crippen molar-refractivity contribution in [3.8, 4) is 0 Å². The first kappa shape index (κ1) is 16.9. The number of carbonyl (C=O) groups is 2. The zero-order chi connectivity index (χ0) is 14.3. The van der Waals surface area contributed by atoms with Gasteiger partial charge in [0.1, 0.15) is 6.04 Å². The molecule has 5 nitrogen and oxygen atoms in total. The van der Waals surface area contributed by atoms with E-state index in [1.165, 1.54) is 6.42 Å². The molecular formula is C13H26N2O3. The lowest BCUT2D eigenvalue weighted by Gasteiger charge is -2.08. The summed E-state index contributed by atoms with van der Waals surface area (Å²) < 4.78 is 0. The summed E-state index contributed by atoms with van der Waals surface area (Å²) in [6.07, 6.45) is 1.93. The summed E-state index contributed by atoms with van der Waals surface area (Å²) in [5, 5.41) is 11.1. The van der Waals surface area contributed by atoms with Crippen LogP contribution < -0.4 is 11.1 Å². The first-order chi connectivity index (χ1) is 8.23.